The predicted molar refractivity (Wildman–Crippen MR) is 103 cm³/mol. The van der Waals surface area contributed by atoms with Crippen LogP contribution in [-0.4, -0.2) is 92.1 Å². The van der Waals surface area contributed by atoms with Crippen molar-refractivity contribution in [3.05, 3.63) is 0 Å². The van der Waals surface area contributed by atoms with Crippen LogP contribution in [0.4, 0.5) is 0 Å². The van der Waals surface area contributed by atoms with E-state index in [9.17, 15) is 9.13 Å². The molecule has 12 heteroatoms. The Morgan fingerprint density at radius 1 is 0.692 bits per heavy atom. The van der Waals surface area contributed by atoms with Gasteiger partial charge >= 0.3 is 15.4 Å². The Bertz CT molecular complexity index is 474. The predicted octanol–water partition coefficient (Wildman–Crippen LogP) is 3.16. The zero-order valence-electron chi connectivity index (χ0n) is 15.9. The number of methoxy groups -OCH3 is 1. The quantitative estimate of drug-likeness (QED) is 0.252. The van der Waals surface area contributed by atoms with Crippen molar-refractivity contribution in [3.63, 3.8) is 0 Å². The van der Waals surface area contributed by atoms with Crippen molar-refractivity contribution in [3.8, 4) is 0 Å². The first-order valence-corrected chi connectivity index (χ1v) is 10.6. The van der Waals surface area contributed by atoms with Gasteiger partial charge in [-0.1, -0.05) is 14.9 Å². The van der Waals surface area contributed by atoms with E-state index in [1.165, 1.54) is 20.9 Å². The Labute approximate surface area is 159 Å². The van der Waals surface area contributed by atoms with Gasteiger partial charge in [0.2, 0.25) is 0 Å². The molecular weight excluding hydrogens is 386 g/mol. The van der Waals surface area contributed by atoms with E-state index in [0.717, 1.165) is 0 Å². The molecule has 2 unspecified atom stereocenters. The Balaban J connectivity index is -0.00000264. The van der Waals surface area contributed by atoms with Gasteiger partial charge < -0.3 is 9.26 Å². The molecule has 0 aromatic rings. The van der Waals surface area contributed by atoms with Crippen LogP contribution in [0.3, 0.4) is 0 Å². The molecule has 0 aliphatic heterocycles. The summed E-state index contributed by atoms with van der Waals surface area (Å²) in [6, 6.07) is 0. The first-order chi connectivity index (χ1) is 10.8. The highest BCUT2D eigenvalue weighted by Crippen LogP contribution is 2.49. The summed E-state index contributed by atoms with van der Waals surface area (Å²) in [6.45, 7) is 1.83. The van der Waals surface area contributed by atoms with Crippen LogP contribution in [0.25, 0.3) is 0 Å². The third-order valence-electron chi connectivity index (χ3n) is 2.81. The number of nitrogens with zero attached hydrogens (tertiary/aromatic N) is 2. The smallest absolute Gasteiger partial charge is 0.335 e. The largest absolute Gasteiger partial charge is 0.483 e. The molecule has 0 rings (SSSR count). The van der Waals surface area contributed by atoms with Crippen LogP contribution in [0.5, 0.6) is 0 Å². The molecule has 2 atom stereocenters. The minimum absolute atomic E-state index is 0. The Hall–Kier alpha value is 0.140. The molecule has 26 heavy (non-hydrogen) atoms. The maximum Gasteiger partial charge on any atom is 0.483 e. The monoisotopic (exact) mass is 426 g/mol. The van der Waals surface area contributed by atoms with Gasteiger partial charge in [-0.25, -0.2) is 13.6 Å². The molecule has 0 aromatic carbocycles. The number of ether oxygens (including phenoxy) is 1. The Morgan fingerprint density at radius 3 is 1.42 bits per heavy atom. The number of phosphoric ester groups is 1. The molecule has 0 saturated heterocycles. The lowest BCUT2D eigenvalue weighted by molar-refractivity contribution is -0.926. The number of rotatable bonds is 13. The first kappa shape index (κ1) is 30.9. The number of quaternary nitrogens is 2. The van der Waals surface area contributed by atoms with E-state index in [2.05, 4.69) is 0 Å². The van der Waals surface area contributed by atoms with Crippen LogP contribution in [0, 0.1) is 0 Å². The summed E-state index contributed by atoms with van der Waals surface area (Å²) in [5, 5.41) is 0. The maximum absolute atomic E-state index is 12.5. The van der Waals surface area contributed by atoms with Crippen LogP contribution >= 0.6 is 15.4 Å². The SMILES string of the molecule is C.C.COC[N+](C)(C)COP(=O)(OC)OC[N+](C)(C)COP(C)(=O)OC. The molecule has 0 aliphatic carbocycles. The van der Waals surface area contributed by atoms with Crippen molar-refractivity contribution in [1.29, 1.82) is 0 Å². The summed E-state index contributed by atoms with van der Waals surface area (Å²) in [4.78, 5) is 0. The highest BCUT2D eigenvalue weighted by atomic mass is 31.2. The van der Waals surface area contributed by atoms with Crippen molar-refractivity contribution < 1.29 is 45.5 Å². The summed E-state index contributed by atoms with van der Waals surface area (Å²) in [7, 11) is 4.49. The van der Waals surface area contributed by atoms with Crippen molar-refractivity contribution in [2.75, 3.05) is 83.1 Å². The highest BCUT2D eigenvalue weighted by molar-refractivity contribution is 7.52. The van der Waals surface area contributed by atoms with Crippen LogP contribution in [0.15, 0.2) is 0 Å². The Kier molecular flexibility index (Phi) is 14.9. The lowest BCUT2D eigenvalue weighted by atomic mass is 10.7. The van der Waals surface area contributed by atoms with Crippen LogP contribution < -0.4 is 0 Å². The van der Waals surface area contributed by atoms with Gasteiger partial charge in [-0.2, -0.15) is 0 Å². The third kappa shape index (κ3) is 13.3. The lowest BCUT2D eigenvalue weighted by Gasteiger charge is -2.32. The molecule has 10 nitrogen and oxygen atoms in total. The summed E-state index contributed by atoms with van der Waals surface area (Å²) >= 11 is 0. The second-order valence-electron chi connectivity index (χ2n) is 6.65. The minimum atomic E-state index is -3.73. The van der Waals surface area contributed by atoms with Gasteiger partial charge in [0, 0.05) is 28.0 Å². The van der Waals surface area contributed by atoms with E-state index >= 15 is 0 Å². The van der Waals surface area contributed by atoms with Gasteiger partial charge in [0.15, 0.2) is 26.9 Å². The molecule has 0 radical (unpaired) electrons. The van der Waals surface area contributed by atoms with Gasteiger partial charge in [0.05, 0.1) is 28.2 Å². The second-order valence-corrected chi connectivity index (χ2v) is 10.6. The fourth-order valence-electron chi connectivity index (χ4n) is 1.33. The molecule has 0 spiro atoms. The fraction of sp³-hybridized carbons (Fsp3) is 1.00. The molecule has 0 heterocycles. The molecule has 0 N–H and O–H groups in total. The number of hydrogen-bond acceptors (Lipinski definition) is 8. The zero-order chi connectivity index (χ0) is 19.1. The van der Waals surface area contributed by atoms with Gasteiger partial charge in [-0.3, -0.25) is 22.6 Å². The van der Waals surface area contributed by atoms with E-state index in [4.69, 9.17) is 27.4 Å². The molecular formula is C14H40N2O8P2+2. The normalized spacial score (nSPS) is 16.8. The van der Waals surface area contributed by atoms with Crippen molar-refractivity contribution in [1.82, 2.24) is 0 Å². The summed E-state index contributed by atoms with van der Waals surface area (Å²) in [5.41, 5.74) is 0. The number of phosphoric acid groups is 1. The van der Waals surface area contributed by atoms with Gasteiger partial charge in [0.1, 0.15) is 0 Å². The van der Waals surface area contributed by atoms with E-state index in [-0.39, 0.29) is 39.5 Å². The Morgan fingerprint density at radius 2 is 1.08 bits per heavy atom. The van der Waals surface area contributed by atoms with Crippen LogP contribution in [0.2, 0.25) is 0 Å². The molecule has 0 saturated carbocycles. The summed E-state index contributed by atoms with van der Waals surface area (Å²) in [6.07, 6.45) is 0. The minimum Gasteiger partial charge on any atom is -0.335 e. The van der Waals surface area contributed by atoms with E-state index in [0.29, 0.717) is 11.2 Å². The molecule has 0 bridgehead atoms. The molecule has 0 aromatic heterocycles. The summed E-state index contributed by atoms with van der Waals surface area (Å²) < 4.78 is 55.3. The molecule has 162 valence electrons. The molecule has 0 amide bonds. The zero-order valence-corrected chi connectivity index (χ0v) is 17.7. The number of hydrogen-bond donors (Lipinski definition) is 0. The van der Waals surface area contributed by atoms with Crippen molar-refractivity contribution >= 4 is 15.4 Å². The average Bonchev–Trinajstić information content (AvgIpc) is 2.50. The molecule has 0 aliphatic rings. The van der Waals surface area contributed by atoms with Crippen molar-refractivity contribution in [2.24, 2.45) is 0 Å². The van der Waals surface area contributed by atoms with E-state index in [1.807, 2.05) is 14.1 Å². The average molecular weight is 426 g/mol. The van der Waals surface area contributed by atoms with Gasteiger partial charge in [0.25, 0.3) is 0 Å². The lowest BCUT2D eigenvalue weighted by Crippen LogP contribution is -2.44. The second kappa shape index (κ2) is 12.6. The fourth-order valence-corrected chi connectivity index (χ4v) is 3.16. The van der Waals surface area contributed by atoms with Gasteiger partial charge in [-0.05, 0) is 0 Å². The van der Waals surface area contributed by atoms with Crippen LogP contribution in [-0.2, 0) is 36.5 Å². The summed E-state index contributed by atoms with van der Waals surface area (Å²) in [5.74, 6) is 0. The standard InChI is InChI=1S/C12H32N2O8P2.2CH4/c1-13(2,9-17-5)11-21-24(16,19-7)22-12-14(3,4)10-20-23(8,15)18-6;;/h9-12H2,1-8H3;2*1H4/q+2;;. The van der Waals surface area contributed by atoms with Crippen LogP contribution in [0.1, 0.15) is 14.9 Å². The van der Waals surface area contributed by atoms with Gasteiger partial charge in [-0.15, -0.1) is 0 Å². The van der Waals surface area contributed by atoms with E-state index < -0.39 is 15.4 Å². The topological polar surface area (TPSA) is 89.5 Å². The first-order valence-electron chi connectivity index (χ1n) is 7.16. The highest BCUT2D eigenvalue weighted by Gasteiger charge is 2.33. The molecule has 0 fully saturated rings. The third-order valence-corrected chi connectivity index (χ3v) is 5.36. The maximum atomic E-state index is 12.5. The van der Waals surface area contributed by atoms with Crippen molar-refractivity contribution in [2.45, 2.75) is 14.9 Å². The van der Waals surface area contributed by atoms with E-state index in [1.54, 1.807) is 21.2 Å².